The van der Waals surface area contributed by atoms with Crippen LogP contribution >= 0.6 is 0 Å². The van der Waals surface area contributed by atoms with E-state index in [9.17, 15) is 14.7 Å². The normalized spacial score (nSPS) is 22.2. The molecule has 25 heavy (non-hydrogen) atoms. The van der Waals surface area contributed by atoms with Crippen LogP contribution in [0, 0.1) is 0 Å². The predicted octanol–water partition coefficient (Wildman–Crippen LogP) is 0.327. The first-order valence-corrected chi connectivity index (χ1v) is 8.70. The molecular weight excluding hydrogens is 322 g/mol. The zero-order valence-electron chi connectivity index (χ0n) is 14.6. The third-order valence-corrected chi connectivity index (χ3v) is 4.79. The van der Waals surface area contributed by atoms with E-state index < -0.39 is 0 Å². The largest absolute Gasteiger partial charge is 0.495 e. The van der Waals surface area contributed by atoms with E-state index in [2.05, 4.69) is 0 Å². The third-order valence-electron chi connectivity index (χ3n) is 4.79. The van der Waals surface area contributed by atoms with Gasteiger partial charge in [0.25, 0.3) is 0 Å². The number of carbonyl (C=O) groups excluding carboxylic acids is 2. The average molecular weight is 347 g/mol. The van der Waals surface area contributed by atoms with Gasteiger partial charge in [-0.25, -0.2) is 0 Å². The van der Waals surface area contributed by atoms with Gasteiger partial charge in [-0.2, -0.15) is 0 Å². The lowest BCUT2D eigenvalue weighted by Crippen LogP contribution is -2.55. The lowest BCUT2D eigenvalue weighted by molar-refractivity contribution is -0.138. The zero-order chi connectivity index (χ0) is 17.8. The number of rotatable bonds is 4. The number of aliphatic hydroxyl groups excluding tert-OH is 1. The van der Waals surface area contributed by atoms with Crippen molar-refractivity contribution < 1.29 is 19.4 Å². The van der Waals surface area contributed by atoms with Crippen molar-refractivity contribution in [3.05, 3.63) is 24.3 Å². The van der Waals surface area contributed by atoms with Crippen LogP contribution in [-0.2, 0) is 9.59 Å². The molecule has 0 spiro atoms. The molecule has 0 aromatic heterocycles. The molecule has 1 unspecified atom stereocenters. The number of para-hydroxylation sites is 2. The minimum atomic E-state index is -0.356. The number of piperidine rings is 1. The fraction of sp³-hybridized carbons (Fsp3) is 0.556. The minimum Gasteiger partial charge on any atom is -0.495 e. The van der Waals surface area contributed by atoms with Crippen molar-refractivity contribution in [2.24, 2.45) is 0 Å². The Morgan fingerprint density at radius 1 is 1.28 bits per heavy atom. The summed E-state index contributed by atoms with van der Waals surface area (Å²) in [5.41, 5.74) is 0.737. The van der Waals surface area contributed by atoms with Gasteiger partial charge >= 0.3 is 0 Å². The van der Waals surface area contributed by atoms with E-state index in [0.29, 0.717) is 25.4 Å². The molecule has 2 saturated heterocycles. The Bertz CT molecular complexity index is 637. The van der Waals surface area contributed by atoms with Gasteiger partial charge in [-0.1, -0.05) is 12.1 Å². The molecule has 136 valence electrons. The number of hydrogen-bond acceptors (Lipinski definition) is 5. The smallest absolute Gasteiger partial charge is 0.246 e. The number of anilines is 1. The van der Waals surface area contributed by atoms with Gasteiger partial charge in [-0.15, -0.1) is 0 Å². The number of aliphatic hydroxyl groups is 1. The molecule has 2 amide bonds. The Labute approximate surface area is 147 Å². The van der Waals surface area contributed by atoms with Crippen LogP contribution in [0.3, 0.4) is 0 Å². The lowest BCUT2D eigenvalue weighted by Gasteiger charge is -2.36. The second kappa shape index (κ2) is 7.84. The number of methoxy groups -OCH3 is 1. The summed E-state index contributed by atoms with van der Waals surface area (Å²) in [5, 5.41) is 9.72. The van der Waals surface area contributed by atoms with E-state index in [-0.39, 0.29) is 31.0 Å². The molecule has 0 radical (unpaired) electrons. The van der Waals surface area contributed by atoms with E-state index >= 15 is 0 Å². The second-order valence-corrected chi connectivity index (χ2v) is 6.56. The number of ether oxygens (including phenoxy) is 1. The quantitative estimate of drug-likeness (QED) is 0.850. The number of likely N-dealkylation sites (tertiary alicyclic amines) is 1. The Morgan fingerprint density at radius 2 is 2.08 bits per heavy atom. The summed E-state index contributed by atoms with van der Waals surface area (Å²) in [6.07, 6.45) is 1.33. The summed E-state index contributed by atoms with van der Waals surface area (Å²) in [6, 6.07) is 7.40. The van der Waals surface area contributed by atoms with Gasteiger partial charge in [0.05, 0.1) is 25.4 Å². The van der Waals surface area contributed by atoms with Gasteiger partial charge in [0.15, 0.2) is 0 Å². The van der Waals surface area contributed by atoms with Gasteiger partial charge in [0, 0.05) is 19.6 Å². The molecule has 1 atom stereocenters. The Hall–Kier alpha value is -2.12. The monoisotopic (exact) mass is 347 g/mol. The zero-order valence-corrected chi connectivity index (χ0v) is 14.6. The number of piperazine rings is 1. The molecule has 2 aliphatic rings. The van der Waals surface area contributed by atoms with Crippen LogP contribution in [0.15, 0.2) is 24.3 Å². The van der Waals surface area contributed by atoms with E-state index in [1.165, 1.54) is 0 Å². The Kier molecular flexibility index (Phi) is 5.55. The molecular formula is C18H25N3O4. The summed E-state index contributed by atoms with van der Waals surface area (Å²) >= 11 is 0. The maximum Gasteiger partial charge on any atom is 0.246 e. The molecule has 2 heterocycles. The number of carbonyl (C=O) groups is 2. The molecule has 0 saturated carbocycles. The van der Waals surface area contributed by atoms with Gasteiger partial charge < -0.3 is 19.6 Å². The molecule has 0 bridgehead atoms. The van der Waals surface area contributed by atoms with Crippen LogP contribution in [-0.4, -0.2) is 79.2 Å². The van der Waals surface area contributed by atoms with E-state index in [1.807, 2.05) is 29.2 Å². The number of β-amino-alcohol motifs (C(OH)–C–C–N with tert-alkyl or cyclic N) is 1. The van der Waals surface area contributed by atoms with Gasteiger partial charge in [0.2, 0.25) is 11.8 Å². The average Bonchev–Trinajstić information content (AvgIpc) is 2.61. The maximum absolute atomic E-state index is 12.5. The van der Waals surface area contributed by atoms with Crippen LogP contribution in [0.1, 0.15) is 12.8 Å². The topological polar surface area (TPSA) is 73.3 Å². The van der Waals surface area contributed by atoms with E-state index in [1.54, 1.807) is 16.9 Å². The molecule has 0 aliphatic carbocycles. The van der Waals surface area contributed by atoms with Crippen molar-refractivity contribution in [3.63, 3.8) is 0 Å². The highest BCUT2D eigenvalue weighted by Gasteiger charge is 2.30. The second-order valence-electron chi connectivity index (χ2n) is 6.56. The van der Waals surface area contributed by atoms with Crippen molar-refractivity contribution in [1.29, 1.82) is 0 Å². The SMILES string of the molecule is COc1ccccc1N1CCN(C(=O)CN2CCCC(O)C2)CC1=O. The Morgan fingerprint density at radius 3 is 2.80 bits per heavy atom. The van der Waals surface area contributed by atoms with Crippen LogP contribution in [0.4, 0.5) is 5.69 Å². The summed E-state index contributed by atoms with van der Waals surface area (Å²) in [6.45, 7) is 2.64. The molecule has 1 N–H and O–H groups in total. The van der Waals surface area contributed by atoms with Crippen molar-refractivity contribution in [1.82, 2.24) is 9.80 Å². The molecule has 7 heteroatoms. The van der Waals surface area contributed by atoms with Crippen molar-refractivity contribution in [3.8, 4) is 5.75 Å². The highest BCUT2D eigenvalue weighted by Crippen LogP contribution is 2.28. The first-order valence-electron chi connectivity index (χ1n) is 8.70. The molecule has 2 fully saturated rings. The number of hydrogen-bond donors (Lipinski definition) is 1. The maximum atomic E-state index is 12.5. The molecule has 3 rings (SSSR count). The highest BCUT2D eigenvalue weighted by molar-refractivity contribution is 5.99. The van der Waals surface area contributed by atoms with Gasteiger partial charge in [-0.3, -0.25) is 14.5 Å². The van der Waals surface area contributed by atoms with Crippen molar-refractivity contribution >= 4 is 17.5 Å². The summed E-state index contributed by atoms with van der Waals surface area (Å²) < 4.78 is 5.33. The van der Waals surface area contributed by atoms with Gasteiger partial charge in [0.1, 0.15) is 12.3 Å². The Balaban J connectivity index is 1.59. The highest BCUT2D eigenvalue weighted by atomic mass is 16.5. The summed E-state index contributed by atoms with van der Waals surface area (Å²) in [4.78, 5) is 30.3. The fourth-order valence-electron chi connectivity index (χ4n) is 3.46. The number of benzene rings is 1. The predicted molar refractivity (Wildman–Crippen MR) is 93.6 cm³/mol. The summed E-state index contributed by atoms with van der Waals surface area (Å²) in [5.74, 6) is 0.489. The third kappa shape index (κ3) is 4.11. The molecule has 2 aliphatic heterocycles. The fourth-order valence-corrected chi connectivity index (χ4v) is 3.46. The van der Waals surface area contributed by atoms with Gasteiger partial charge in [-0.05, 0) is 31.5 Å². The van der Waals surface area contributed by atoms with Crippen LogP contribution < -0.4 is 9.64 Å². The standard InChI is InChI=1S/C18H25N3O4/c1-25-16-7-3-2-6-15(16)21-10-9-20(13-18(21)24)17(23)12-19-8-4-5-14(22)11-19/h2-3,6-7,14,22H,4-5,8-13H2,1H3. The first-order chi connectivity index (χ1) is 12.1. The van der Waals surface area contributed by atoms with Crippen molar-refractivity contribution in [2.75, 3.05) is 51.3 Å². The van der Waals surface area contributed by atoms with Crippen LogP contribution in [0.5, 0.6) is 5.75 Å². The minimum absolute atomic E-state index is 0.0536. The van der Waals surface area contributed by atoms with E-state index in [4.69, 9.17) is 4.74 Å². The number of nitrogens with zero attached hydrogens (tertiary/aromatic N) is 3. The van der Waals surface area contributed by atoms with Crippen LogP contribution in [0.2, 0.25) is 0 Å². The number of amides is 2. The molecule has 7 nitrogen and oxygen atoms in total. The van der Waals surface area contributed by atoms with Crippen molar-refractivity contribution in [2.45, 2.75) is 18.9 Å². The first kappa shape index (κ1) is 17.7. The lowest BCUT2D eigenvalue weighted by atomic mass is 10.1. The molecule has 1 aromatic rings. The molecule has 1 aromatic carbocycles. The summed E-state index contributed by atoms with van der Waals surface area (Å²) in [7, 11) is 1.58. The van der Waals surface area contributed by atoms with Crippen LogP contribution in [0.25, 0.3) is 0 Å². The van der Waals surface area contributed by atoms with E-state index in [0.717, 1.165) is 25.1 Å².